The lowest BCUT2D eigenvalue weighted by Crippen LogP contribution is -1.96. The first-order chi connectivity index (χ1) is 5.86. The van der Waals surface area contributed by atoms with Crippen LogP contribution in [-0.4, -0.2) is 19.9 Å². The number of nitrogens with zero attached hydrogens (tertiary/aromatic N) is 3. The molecule has 0 aliphatic heterocycles. The average molecular weight is 161 g/mol. The fourth-order valence-electron chi connectivity index (χ4n) is 0.937. The summed E-state index contributed by atoms with van der Waals surface area (Å²) in [5, 5.41) is 13.1. The molecule has 4 nitrogen and oxygen atoms in total. The van der Waals surface area contributed by atoms with Crippen LogP contribution in [0.3, 0.4) is 0 Å². The molecule has 0 fully saturated rings. The SMILES string of the molecule is Oc1ccnc(-n2cccn2)c1. The minimum atomic E-state index is 0.190. The van der Waals surface area contributed by atoms with Gasteiger partial charge in [0.1, 0.15) is 5.75 Å². The van der Waals surface area contributed by atoms with Crippen LogP contribution in [0.4, 0.5) is 0 Å². The first-order valence-corrected chi connectivity index (χ1v) is 3.51. The highest BCUT2D eigenvalue weighted by Gasteiger charge is 1.96. The number of hydrogen-bond acceptors (Lipinski definition) is 3. The molecule has 0 spiro atoms. The van der Waals surface area contributed by atoms with Gasteiger partial charge in [-0.2, -0.15) is 5.10 Å². The van der Waals surface area contributed by atoms with Gasteiger partial charge in [0.15, 0.2) is 5.82 Å². The van der Waals surface area contributed by atoms with Crippen molar-refractivity contribution in [2.45, 2.75) is 0 Å². The zero-order valence-electron chi connectivity index (χ0n) is 6.25. The van der Waals surface area contributed by atoms with Crippen LogP contribution in [0.25, 0.3) is 5.82 Å². The van der Waals surface area contributed by atoms with Gasteiger partial charge < -0.3 is 5.11 Å². The largest absolute Gasteiger partial charge is 0.508 e. The highest BCUT2D eigenvalue weighted by atomic mass is 16.3. The Morgan fingerprint density at radius 3 is 2.92 bits per heavy atom. The molecule has 60 valence electrons. The molecule has 0 aliphatic carbocycles. The zero-order chi connectivity index (χ0) is 8.39. The summed E-state index contributed by atoms with van der Waals surface area (Å²) >= 11 is 0. The molecule has 0 aromatic carbocycles. The molecule has 0 radical (unpaired) electrons. The molecule has 0 bridgehead atoms. The third-order valence-electron chi connectivity index (χ3n) is 1.47. The van der Waals surface area contributed by atoms with Crippen LogP contribution in [0, 0.1) is 0 Å². The van der Waals surface area contributed by atoms with Gasteiger partial charge in [-0.25, -0.2) is 9.67 Å². The van der Waals surface area contributed by atoms with Crippen LogP contribution < -0.4 is 0 Å². The Morgan fingerprint density at radius 2 is 2.25 bits per heavy atom. The second kappa shape index (κ2) is 2.65. The molecule has 0 aliphatic rings. The molecule has 2 rings (SSSR count). The molecule has 1 N–H and O–H groups in total. The van der Waals surface area contributed by atoms with Gasteiger partial charge in [0, 0.05) is 24.7 Å². The zero-order valence-corrected chi connectivity index (χ0v) is 6.25. The monoisotopic (exact) mass is 161 g/mol. The summed E-state index contributed by atoms with van der Waals surface area (Å²) < 4.78 is 1.58. The van der Waals surface area contributed by atoms with Gasteiger partial charge >= 0.3 is 0 Å². The number of hydrogen-bond donors (Lipinski definition) is 1. The maximum absolute atomic E-state index is 9.13. The summed E-state index contributed by atoms with van der Waals surface area (Å²) in [6.45, 7) is 0. The van der Waals surface area contributed by atoms with E-state index < -0.39 is 0 Å². The summed E-state index contributed by atoms with van der Waals surface area (Å²) in [6.07, 6.45) is 4.96. The highest BCUT2D eigenvalue weighted by Crippen LogP contribution is 2.10. The number of rotatable bonds is 1. The molecular formula is C8H7N3O. The Bertz CT molecular complexity index is 370. The molecular weight excluding hydrogens is 154 g/mol. The smallest absolute Gasteiger partial charge is 0.156 e. The molecule has 2 heterocycles. The highest BCUT2D eigenvalue weighted by molar-refractivity contribution is 5.29. The van der Waals surface area contributed by atoms with Gasteiger partial charge in [-0.05, 0) is 12.1 Å². The maximum atomic E-state index is 9.13. The summed E-state index contributed by atoms with van der Waals surface area (Å²) in [4.78, 5) is 4.02. The fraction of sp³-hybridized carbons (Fsp3) is 0. The summed E-state index contributed by atoms with van der Waals surface area (Å²) in [5.74, 6) is 0.801. The average Bonchev–Trinajstić information content (AvgIpc) is 2.56. The van der Waals surface area contributed by atoms with Crippen LogP contribution in [0.1, 0.15) is 0 Å². The quantitative estimate of drug-likeness (QED) is 0.678. The number of aromatic hydroxyl groups is 1. The van der Waals surface area contributed by atoms with Crippen molar-refractivity contribution in [3.8, 4) is 11.6 Å². The second-order valence-corrected chi connectivity index (χ2v) is 2.32. The summed E-state index contributed by atoms with van der Waals surface area (Å²) in [7, 11) is 0. The van der Waals surface area contributed by atoms with Crippen LogP contribution >= 0.6 is 0 Å². The first kappa shape index (κ1) is 6.84. The fourth-order valence-corrected chi connectivity index (χ4v) is 0.937. The topological polar surface area (TPSA) is 50.9 Å². The van der Waals surface area contributed by atoms with Crippen LogP contribution in [-0.2, 0) is 0 Å². The van der Waals surface area contributed by atoms with Crippen LogP contribution in [0.5, 0.6) is 5.75 Å². The minimum absolute atomic E-state index is 0.190. The van der Waals surface area contributed by atoms with E-state index >= 15 is 0 Å². The Hall–Kier alpha value is -1.84. The van der Waals surface area contributed by atoms with E-state index in [4.69, 9.17) is 5.11 Å². The Morgan fingerprint density at radius 1 is 1.33 bits per heavy atom. The predicted molar refractivity (Wildman–Crippen MR) is 43.0 cm³/mol. The van der Waals surface area contributed by atoms with E-state index in [2.05, 4.69) is 10.1 Å². The molecule has 2 aromatic rings. The lowest BCUT2D eigenvalue weighted by atomic mass is 10.4. The summed E-state index contributed by atoms with van der Waals surface area (Å²) in [5.41, 5.74) is 0. The van der Waals surface area contributed by atoms with Crippen LogP contribution in [0.15, 0.2) is 36.8 Å². The first-order valence-electron chi connectivity index (χ1n) is 3.51. The van der Waals surface area contributed by atoms with Crippen molar-refractivity contribution >= 4 is 0 Å². The Labute approximate surface area is 69.1 Å². The van der Waals surface area contributed by atoms with E-state index in [9.17, 15) is 0 Å². The third kappa shape index (κ3) is 1.14. The van der Waals surface area contributed by atoms with Gasteiger partial charge in [0.05, 0.1) is 0 Å². The van der Waals surface area contributed by atoms with Crippen molar-refractivity contribution in [2.24, 2.45) is 0 Å². The minimum Gasteiger partial charge on any atom is -0.508 e. The maximum Gasteiger partial charge on any atom is 0.156 e. The Balaban J connectivity index is 2.48. The van der Waals surface area contributed by atoms with Crippen LogP contribution in [0.2, 0.25) is 0 Å². The molecule has 0 atom stereocenters. The molecule has 0 amide bonds. The molecule has 12 heavy (non-hydrogen) atoms. The van der Waals surface area contributed by atoms with Gasteiger partial charge in [0.2, 0.25) is 0 Å². The standard InChI is InChI=1S/C8H7N3O/c12-7-2-4-9-8(6-7)11-5-1-3-10-11/h1-6H,(H,9,12). The van der Waals surface area contributed by atoms with Crippen molar-refractivity contribution < 1.29 is 5.11 Å². The van der Waals surface area contributed by atoms with Crippen molar-refractivity contribution in [2.75, 3.05) is 0 Å². The predicted octanol–water partition coefficient (Wildman–Crippen LogP) is 0.973. The van der Waals surface area contributed by atoms with E-state index in [-0.39, 0.29) is 5.75 Å². The third-order valence-corrected chi connectivity index (χ3v) is 1.47. The van der Waals surface area contributed by atoms with E-state index in [1.807, 2.05) is 0 Å². The van der Waals surface area contributed by atoms with E-state index in [0.29, 0.717) is 5.82 Å². The normalized spacial score (nSPS) is 10.0. The molecule has 2 aromatic heterocycles. The number of pyridine rings is 1. The molecule has 4 heteroatoms. The van der Waals surface area contributed by atoms with Gasteiger partial charge in [-0.1, -0.05) is 0 Å². The molecule has 0 saturated carbocycles. The Kier molecular flexibility index (Phi) is 1.51. The molecule has 0 unspecified atom stereocenters. The van der Waals surface area contributed by atoms with Gasteiger partial charge in [-0.3, -0.25) is 0 Å². The summed E-state index contributed by atoms with van der Waals surface area (Å²) in [6, 6.07) is 4.87. The van der Waals surface area contributed by atoms with Crippen molar-refractivity contribution in [3.63, 3.8) is 0 Å². The van der Waals surface area contributed by atoms with Crippen molar-refractivity contribution in [1.29, 1.82) is 0 Å². The number of aromatic nitrogens is 3. The second-order valence-electron chi connectivity index (χ2n) is 2.32. The van der Waals surface area contributed by atoms with Gasteiger partial charge in [-0.15, -0.1) is 0 Å². The molecule has 0 saturated heterocycles. The van der Waals surface area contributed by atoms with Gasteiger partial charge in [0.25, 0.3) is 0 Å². The van der Waals surface area contributed by atoms with E-state index in [1.165, 1.54) is 12.3 Å². The van der Waals surface area contributed by atoms with E-state index in [0.717, 1.165) is 0 Å². The van der Waals surface area contributed by atoms with Crippen molar-refractivity contribution in [3.05, 3.63) is 36.8 Å². The van der Waals surface area contributed by atoms with Crippen molar-refractivity contribution in [1.82, 2.24) is 14.8 Å². The lowest BCUT2D eigenvalue weighted by Gasteiger charge is -1.98. The lowest BCUT2D eigenvalue weighted by molar-refractivity contribution is 0.474. The van der Waals surface area contributed by atoms with E-state index in [1.54, 1.807) is 29.2 Å².